The Morgan fingerprint density at radius 2 is 2.00 bits per heavy atom. The number of nitrogens with one attached hydrogen (secondary N) is 1. The van der Waals surface area contributed by atoms with E-state index in [1.807, 2.05) is 24.3 Å². The van der Waals surface area contributed by atoms with Crippen molar-refractivity contribution in [2.24, 2.45) is 5.92 Å². The summed E-state index contributed by atoms with van der Waals surface area (Å²) in [5, 5.41) is 12.3. The van der Waals surface area contributed by atoms with Crippen molar-refractivity contribution in [2.45, 2.75) is 6.42 Å². The second kappa shape index (κ2) is 6.42. The van der Waals surface area contributed by atoms with Gasteiger partial charge in [-0.25, -0.2) is 0 Å². The van der Waals surface area contributed by atoms with Crippen LogP contribution in [-0.4, -0.2) is 23.5 Å². The minimum absolute atomic E-state index is 0.0184. The van der Waals surface area contributed by atoms with Crippen molar-refractivity contribution < 1.29 is 14.7 Å². The number of carbonyl (C=O) groups is 2. The standard InChI is InChI=1S/C17H15BrN2O3/c18-11-4-3-5-12(10-11)20-9-8-13(17(20)23)16(22)19-14-6-1-2-7-15(14)21/h1-7,10,13,21H,8-9H2,(H,19,22). The molecule has 2 aromatic rings. The molecule has 23 heavy (non-hydrogen) atoms. The van der Waals surface area contributed by atoms with Crippen LogP contribution >= 0.6 is 15.9 Å². The summed E-state index contributed by atoms with van der Waals surface area (Å²) in [5.74, 6) is -1.38. The summed E-state index contributed by atoms with van der Waals surface area (Å²) in [7, 11) is 0. The molecule has 1 saturated heterocycles. The van der Waals surface area contributed by atoms with Crippen molar-refractivity contribution >= 4 is 39.1 Å². The van der Waals surface area contributed by atoms with Gasteiger partial charge in [0.2, 0.25) is 11.8 Å². The topological polar surface area (TPSA) is 69.6 Å². The highest BCUT2D eigenvalue weighted by atomic mass is 79.9. The van der Waals surface area contributed by atoms with Crippen LogP contribution in [0.4, 0.5) is 11.4 Å². The summed E-state index contributed by atoms with van der Waals surface area (Å²) in [5.41, 5.74) is 1.08. The number of para-hydroxylation sites is 2. The van der Waals surface area contributed by atoms with Crippen molar-refractivity contribution in [3.8, 4) is 5.75 Å². The van der Waals surface area contributed by atoms with Crippen LogP contribution < -0.4 is 10.2 Å². The number of anilines is 2. The summed E-state index contributed by atoms with van der Waals surface area (Å²) < 4.78 is 0.880. The number of amides is 2. The summed E-state index contributed by atoms with van der Waals surface area (Å²) >= 11 is 3.38. The lowest BCUT2D eigenvalue weighted by Crippen LogP contribution is -2.33. The van der Waals surface area contributed by atoms with Crippen molar-refractivity contribution in [2.75, 3.05) is 16.8 Å². The Kier molecular flexibility index (Phi) is 4.34. The SMILES string of the molecule is O=C(Nc1ccccc1O)C1CCN(c2cccc(Br)c2)C1=O. The van der Waals surface area contributed by atoms with Crippen molar-refractivity contribution in [3.63, 3.8) is 0 Å². The average molecular weight is 375 g/mol. The Bertz CT molecular complexity index is 763. The summed E-state index contributed by atoms with van der Waals surface area (Å²) in [6, 6.07) is 13.9. The van der Waals surface area contributed by atoms with Gasteiger partial charge in [0.05, 0.1) is 5.69 Å². The van der Waals surface area contributed by atoms with E-state index in [2.05, 4.69) is 21.2 Å². The zero-order chi connectivity index (χ0) is 16.4. The first kappa shape index (κ1) is 15.6. The van der Waals surface area contributed by atoms with Gasteiger partial charge in [0.1, 0.15) is 11.7 Å². The highest BCUT2D eigenvalue weighted by molar-refractivity contribution is 9.10. The van der Waals surface area contributed by atoms with Gasteiger partial charge in [-0.15, -0.1) is 0 Å². The Morgan fingerprint density at radius 1 is 1.22 bits per heavy atom. The molecular formula is C17H15BrN2O3. The molecular weight excluding hydrogens is 360 g/mol. The zero-order valence-corrected chi connectivity index (χ0v) is 13.8. The molecule has 6 heteroatoms. The van der Waals surface area contributed by atoms with Crippen molar-refractivity contribution in [1.29, 1.82) is 0 Å². The Morgan fingerprint density at radius 3 is 2.74 bits per heavy atom. The third-order valence-corrected chi connectivity index (χ3v) is 4.30. The molecule has 1 aliphatic rings. The molecule has 1 unspecified atom stereocenters. The van der Waals surface area contributed by atoms with E-state index in [0.717, 1.165) is 10.2 Å². The lowest BCUT2D eigenvalue weighted by Gasteiger charge is -2.17. The first-order valence-electron chi connectivity index (χ1n) is 7.22. The summed E-state index contributed by atoms with van der Waals surface area (Å²) in [4.78, 5) is 26.5. The Balaban J connectivity index is 1.74. The molecule has 2 amide bonds. The number of carbonyl (C=O) groups excluding carboxylic acids is 2. The highest BCUT2D eigenvalue weighted by Crippen LogP contribution is 2.29. The quantitative estimate of drug-likeness (QED) is 0.640. The molecule has 3 rings (SSSR count). The second-order valence-corrected chi connectivity index (χ2v) is 6.23. The van der Waals surface area contributed by atoms with E-state index in [0.29, 0.717) is 18.7 Å². The fourth-order valence-corrected chi connectivity index (χ4v) is 3.01. The Labute approximate surface area is 142 Å². The highest BCUT2D eigenvalue weighted by Gasteiger charge is 2.37. The largest absolute Gasteiger partial charge is 0.506 e. The monoisotopic (exact) mass is 374 g/mol. The number of hydrogen-bond acceptors (Lipinski definition) is 3. The first-order valence-corrected chi connectivity index (χ1v) is 8.01. The van der Waals surface area contributed by atoms with Crippen LogP contribution in [0.5, 0.6) is 5.75 Å². The number of halogens is 1. The van der Waals surface area contributed by atoms with Gasteiger partial charge in [0.15, 0.2) is 0 Å². The molecule has 0 bridgehead atoms. The fraction of sp³-hybridized carbons (Fsp3) is 0.176. The number of benzene rings is 2. The van der Waals surface area contributed by atoms with Gasteiger partial charge in [-0.1, -0.05) is 34.1 Å². The fourth-order valence-electron chi connectivity index (χ4n) is 2.62. The predicted octanol–water partition coefficient (Wildman–Crippen LogP) is 3.15. The van der Waals surface area contributed by atoms with E-state index in [-0.39, 0.29) is 11.7 Å². The summed E-state index contributed by atoms with van der Waals surface area (Å²) in [6.45, 7) is 0.494. The van der Waals surface area contributed by atoms with E-state index in [1.54, 1.807) is 23.1 Å². The van der Waals surface area contributed by atoms with Crippen LogP contribution in [0.25, 0.3) is 0 Å². The van der Waals surface area contributed by atoms with E-state index in [1.165, 1.54) is 6.07 Å². The van der Waals surface area contributed by atoms with Crippen LogP contribution in [0.2, 0.25) is 0 Å². The molecule has 0 aliphatic carbocycles. The predicted molar refractivity (Wildman–Crippen MR) is 91.3 cm³/mol. The number of phenolic OH excluding ortho intramolecular Hbond substituents is 1. The molecule has 0 saturated carbocycles. The van der Waals surface area contributed by atoms with Gasteiger partial charge in [-0.3, -0.25) is 9.59 Å². The maximum atomic E-state index is 12.5. The molecule has 2 N–H and O–H groups in total. The van der Waals surface area contributed by atoms with Gasteiger partial charge >= 0.3 is 0 Å². The minimum atomic E-state index is -0.742. The van der Waals surface area contributed by atoms with Crippen molar-refractivity contribution in [3.05, 3.63) is 53.0 Å². The maximum absolute atomic E-state index is 12.5. The maximum Gasteiger partial charge on any atom is 0.239 e. The smallest absolute Gasteiger partial charge is 0.239 e. The molecule has 5 nitrogen and oxygen atoms in total. The molecule has 1 aliphatic heterocycles. The average Bonchev–Trinajstić information content (AvgIpc) is 2.91. The third kappa shape index (κ3) is 3.22. The molecule has 118 valence electrons. The first-order chi connectivity index (χ1) is 11.1. The number of nitrogens with zero attached hydrogens (tertiary/aromatic N) is 1. The normalized spacial score (nSPS) is 17.3. The van der Waals surface area contributed by atoms with Gasteiger partial charge < -0.3 is 15.3 Å². The minimum Gasteiger partial charge on any atom is -0.506 e. The lowest BCUT2D eigenvalue weighted by atomic mass is 10.1. The van der Waals surface area contributed by atoms with Gasteiger partial charge in [0, 0.05) is 16.7 Å². The second-order valence-electron chi connectivity index (χ2n) is 5.32. The zero-order valence-electron chi connectivity index (χ0n) is 12.2. The van der Waals surface area contributed by atoms with Gasteiger partial charge in [-0.05, 0) is 36.8 Å². The van der Waals surface area contributed by atoms with E-state index >= 15 is 0 Å². The molecule has 0 aromatic heterocycles. The van der Waals surface area contributed by atoms with Gasteiger partial charge in [-0.2, -0.15) is 0 Å². The molecule has 0 radical (unpaired) electrons. The number of hydrogen-bond donors (Lipinski definition) is 2. The van der Waals surface area contributed by atoms with Crippen LogP contribution in [0.3, 0.4) is 0 Å². The van der Waals surface area contributed by atoms with Crippen LogP contribution in [-0.2, 0) is 9.59 Å². The van der Waals surface area contributed by atoms with Crippen LogP contribution in [0, 0.1) is 5.92 Å². The molecule has 2 aromatic carbocycles. The summed E-state index contributed by atoms with van der Waals surface area (Å²) in [6.07, 6.45) is 0.449. The molecule has 1 atom stereocenters. The van der Waals surface area contributed by atoms with Crippen molar-refractivity contribution in [1.82, 2.24) is 0 Å². The molecule has 1 heterocycles. The van der Waals surface area contributed by atoms with Crippen LogP contribution in [0.1, 0.15) is 6.42 Å². The van der Waals surface area contributed by atoms with Gasteiger partial charge in [0.25, 0.3) is 0 Å². The number of phenols is 1. The third-order valence-electron chi connectivity index (χ3n) is 3.80. The Hall–Kier alpha value is -2.34. The van der Waals surface area contributed by atoms with Crippen LogP contribution in [0.15, 0.2) is 53.0 Å². The number of rotatable bonds is 3. The van der Waals surface area contributed by atoms with E-state index in [4.69, 9.17) is 0 Å². The number of aromatic hydroxyl groups is 1. The molecule has 0 spiro atoms. The van der Waals surface area contributed by atoms with E-state index in [9.17, 15) is 14.7 Å². The van der Waals surface area contributed by atoms with E-state index < -0.39 is 11.8 Å². The molecule has 1 fully saturated rings. The lowest BCUT2D eigenvalue weighted by molar-refractivity contribution is -0.129.